The van der Waals surface area contributed by atoms with E-state index in [2.05, 4.69) is 20.5 Å². The molecule has 1 aliphatic rings. The first kappa shape index (κ1) is 13.8. The summed E-state index contributed by atoms with van der Waals surface area (Å²) in [7, 11) is 0. The molecule has 3 aromatic heterocycles. The summed E-state index contributed by atoms with van der Waals surface area (Å²) < 4.78 is 13.0. The summed E-state index contributed by atoms with van der Waals surface area (Å²) in [5.41, 5.74) is 1.50. The lowest BCUT2D eigenvalue weighted by molar-refractivity contribution is 0.0903. The first-order valence-electron chi connectivity index (χ1n) is 7.25. The zero-order valence-electron chi connectivity index (χ0n) is 12.2. The Labute approximate surface area is 131 Å². The third-order valence-electron chi connectivity index (χ3n) is 3.78. The molecule has 0 radical (unpaired) electrons. The fourth-order valence-corrected chi connectivity index (χ4v) is 2.57. The van der Waals surface area contributed by atoms with E-state index in [0.29, 0.717) is 24.5 Å². The number of hydrogen-bond donors (Lipinski definition) is 2. The highest BCUT2D eigenvalue weighted by Crippen LogP contribution is 2.16. The van der Waals surface area contributed by atoms with Gasteiger partial charge in [0, 0.05) is 6.20 Å². The van der Waals surface area contributed by atoms with Crippen LogP contribution >= 0.6 is 0 Å². The Hall–Kier alpha value is -2.87. The van der Waals surface area contributed by atoms with Crippen LogP contribution in [0.1, 0.15) is 10.4 Å². The molecule has 4 heterocycles. The number of nitrogens with one attached hydrogen (secondary N) is 2. The lowest BCUT2D eigenvalue weighted by Gasteiger charge is -2.19. The second-order valence-corrected chi connectivity index (χ2v) is 5.35. The molecule has 2 N–H and O–H groups in total. The number of carbonyl (C=O) groups excluding carboxylic acids is 1. The number of imidazole rings is 1. The normalized spacial score (nSPS) is 20.7. The Morgan fingerprint density at radius 2 is 2.35 bits per heavy atom. The van der Waals surface area contributed by atoms with Gasteiger partial charge in [0.2, 0.25) is 0 Å². The maximum atomic E-state index is 12.4. The van der Waals surface area contributed by atoms with Crippen molar-refractivity contribution in [2.24, 2.45) is 0 Å². The van der Waals surface area contributed by atoms with Crippen LogP contribution < -0.4 is 10.1 Å². The van der Waals surface area contributed by atoms with Crippen molar-refractivity contribution in [2.45, 2.75) is 12.1 Å². The number of fused-ring (bicyclic) bond motifs is 1. The SMILES string of the molecule is O=C(N[C@H]1COC[C@H]1Oc1cn[nH]c1)c1ccc2cncn2c1. The fourth-order valence-electron chi connectivity index (χ4n) is 2.57. The standard InChI is InChI=1S/C15H15N5O3/c21-15(10-1-2-11-3-16-9-20(11)6-10)19-13-7-22-8-14(13)23-12-4-17-18-5-12/h1-6,9,13-14H,7-8H2,(H,17,18)(H,19,21)/t13-,14+/m0/s1. The van der Waals surface area contributed by atoms with E-state index in [1.165, 1.54) is 0 Å². The molecule has 1 saturated heterocycles. The molecule has 4 rings (SSSR count). The molecular formula is C15H15N5O3. The maximum absolute atomic E-state index is 12.4. The van der Waals surface area contributed by atoms with Crippen LogP contribution in [0.25, 0.3) is 5.52 Å². The number of aromatic nitrogens is 4. The summed E-state index contributed by atoms with van der Waals surface area (Å²) in [6.07, 6.45) is 8.15. The van der Waals surface area contributed by atoms with Crippen molar-refractivity contribution in [3.8, 4) is 5.75 Å². The van der Waals surface area contributed by atoms with Crippen molar-refractivity contribution in [3.05, 3.63) is 48.8 Å². The largest absolute Gasteiger partial charge is 0.482 e. The molecule has 0 aliphatic carbocycles. The molecule has 3 aromatic rings. The monoisotopic (exact) mass is 313 g/mol. The Morgan fingerprint density at radius 3 is 3.22 bits per heavy atom. The van der Waals surface area contributed by atoms with Gasteiger partial charge in [-0.2, -0.15) is 5.10 Å². The average Bonchev–Trinajstić information content (AvgIpc) is 3.29. The summed E-state index contributed by atoms with van der Waals surface area (Å²) in [4.78, 5) is 16.5. The number of carbonyl (C=O) groups is 1. The Balaban J connectivity index is 1.46. The van der Waals surface area contributed by atoms with E-state index in [1.54, 1.807) is 41.6 Å². The van der Waals surface area contributed by atoms with Gasteiger partial charge in [0.1, 0.15) is 6.10 Å². The number of ether oxygens (including phenoxy) is 2. The lowest BCUT2D eigenvalue weighted by atomic mass is 10.2. The minimum absolute atomic E-state index is 0.170. The number of hydrogen-bond acceptors (Lipinski definition) is 5. The van der Waals surface area contributed by atoms with Crippen LogP contribution in [0.5, 0.6) is 5.75 Å². The Morgan fingerprint density at radius 1 is 1.39 bits per heavy atom. The molecule has 0 saturated carbocycles. The first-order chi connectivity index (χ1) is 11.3. The predicted octanol–water partition coefficient (Wildman–Crippen LogP) is 0.634. The number of rotatable bonds is 4. The summed E-state index contributed by atoms with van der Waals surface area (Å²) in [5.74, 6) is 0.455. The molecule has 0 aromatic carbocycles. The van der Waals surface area contributed by atoms with Crippen LogP contribution in [-0.4, -0.2) is 50.8 Å². The maximum Gasteiger partial charge on any atom is 0.253 e. The molecule has 118 valence electrons. The predicted molar refractivity (Wildman–Crippen MR) is 80.3 cm³/mol. The summed E-state index contributed by atoms with van der Waals surface area (Å²) in [5, 5.41) is 9.48. The van der Waals surface area contributed by atoms with Crippen molar-refractivity contribution in [1.29, 1.82) is 0 Å². The van der Waals surface area contributed by atoms with Crippen LogP contribution in [-0.2, 0) is 4.74 Å². The van der Waals surface area contributed by atoms with Crippen LogP contribution in [0, 0.1) is 0 Å². The van der Waals surface area contributed by atoms with Gasteiger partial charge in [-0.05, 0) is 12.1 Å². The average molecular weight is 313 g/mol. The quantitative estimate of drug-likeness (QED) is 0.737. The molecule has 1 fully saturated rings. The van der Waals surface area contributed by atoms with E-state index in [1.807, 2.05) is 6.07 Å². The van der Waals surface area contributed by atoms with Gasteiger partial charge >= 0.3 is 0 Å². The molecule has 1 amide bonds. The fraction of sp³-hybridized carbons (Fsp3) is 0.267. The second kappa shape index (κ2) is 5.73. The zero-order valence-corrected chi connectivity index (χ0v) is 12.2. The molecule has 1 aliphatic heterocycles. The molecule has 0 unspecified atom stereocenters. The highest BCUT2D eigenvalue weighted by atomic mass is 16.5. The number of amides is 1. The lowest BCUT2D eigenvalue weighted by Crippen LogP contribution is -2.45. The highest BCUT2D eigenvalue weighted by molar-refractivity contribution is 5.94. The molecular weight excluding hydrogens is 298 g/mol. The number of pyridine rings is 1. The summed E-state index contributed by atoms with van der Waals surface area (Å²) in [6.45, 7) is 0.845. The van der Waals surface area contributed by atoms with Crippen LogP contribution in [0.15, 0.2) is 43.2 Å². The van der Waals surface area contributed by atoms with Gasteiger partial charge < -0.3 is 19.2 Å². The molecule has 8 heteroatoms. The topological polar surface area (TPSA) is 93.5 Å². The number of aromatic amines is 1. The van der Waals surface area contributed by atoms with Crippen molar-refractivity contribution in [3.63, 3.8) is 0 Å². The summed E-state index contributed by atoms with van der Waals surface area (Å²) in [6, 6.07) is 3.41. The zero-order chi connectivity index (χ0) is 15.6. The molecule has 0 bridgehead atoms. The summed E-state index contributed by atoms with van der Waals surface area (Å²) >= 11 is 0. The van der Waals surface area contributed by atoms with Gasteiger partial charge in [-0.15, -0.1) is 0 Å². The van der Waals surface area contributed by atoms with E-state index in [-0.39, 0.29) is 18.1 Å². The van der Waals surface area contributed by atoms with E-state index < -0.39 is 0 Å². The minimum Gasteiger partial charge on any atom is -0.482 e. The van der Waals surface area contributed by atoms with Crippen LogP contribution in [0.2, 0.25) is 0 Å². The molecule has 8 nitrogen and oxygen atoms in total. The smallest absolute Gasteiger partial charge is 0.253 e. The molecule has 0 spiro atoms. The van der Waals surface area contributed by atoms with E-state index in [0.717, 1.165) is 5.52 Å². The van der Waals surface area contributed by atoms with Crippen molar-refractivity contribution >= 4 is 11.4 Å². The van der Waals surface area contributed by atoms with Gasteiger partial charge in [0.05, 0.1) is 55.3 Å². The second-order valence-electron chi connectivity index (χ2n) is 5.35. The molecule has 23 heavy (non-hydrogen) atoms. The van der Waals surface area contributed by atoms with Crippen molar-refractivity contribution in [1.82, 2.24) is 24.9 Å². The van der Waals surface area contributed by atoms with E-state index in [9.17, 15) is 4.79 Å². The third-order valence-corrected chi connectivity index (χ3v) is 3.78. The van der Waals surface area contributed by atoms with Gasteiger partial charge in [-0.25, -0.2) is 4.98 Å². The van der Waals surface area contributed by atoms with Gasteiger partial charge in [0.25, 0.3) is 5.91 Å². The van der Waals surface area contributed by atoms with E-state index in [4.69, 9.17) is 9.47 Å². The number of nitrogens with zero attached hydrogens (tertiary/aromatic N) is 3. The highest BCUT2D eigenvalue weighted by Gasteiger charge is 2.32. The van der Waals surface area contributed by atoms with Gasteiger partial charge in [-0.3, -0.25) is 9.89 Å². The minimum atomic E-state index is -0.242. The van der Waals surface area contributed by atoms with Gasteiger partial charge in [-0.1, -0.05) is 0 Å². The first-order valence-corrected chi connectivity index (χ1v) is 7.25. The molecule has 2 atom stereocenters. The van der Waals surface area contributed by atoms with Crippen LogP contribution in [0.3, 0.4) is 0 Å². The van der Waals surface area contributed by atoms with Gasteiger partial charge in [0.15, 0.2) is 5.75 Å². The Kier molecular flexibility index (Phi) is 3.43. The van der Waals surface area contributed by atoms with E-state index >= 15 is 0 Å². The van der Waals surface area contributed by atoms with Crippen molar-refractivity contribution in [2.75, 3.05) is 13.2 Å². The third kappa shape index (κ3) is 2.76. The van der Waals surface area contributed by atoms with Crippen molar-refractivity contribution < 1.29 is 14.3 Å². The van der Waals surface area contributed by atoms with Crippen LogP contribution in [0.4, 0.5) is 0 Å². The Bertz CT molecular complexity index is 814. The number of H-pyrrole nitrogens is 1.